The van der Waals surface area contributed by atoms with Gasteiger partial charge in [0.2, 0.25) is 0 Å². The molecule has 0 aromatic heterocycles. The van der Waals surface area contributed by atoms with Crippen molar-refractivity contribution >= 4 is 21.8 Å². The Labute approximate surface area is 93.9 Å². The van der Waals surface area contributed by atoms with Crippen molar-refractivity contribution in [3.63, 3.8) is 0 Å². The van der Waals surface area contributed by atoms with Crippen LogP contribution in [0.5, 0.6) is 0 Å². The summed E-state index contributed by atoms with van der Waals surface area (Å²) in [5.74, 6) is -0.549. The van der Waals surface area contributed by atoms with Crippen LogP contribution in [-0.4, -0.2) is 26.6 Å². The van der Waals surface area contributed by atoms with E-state index in [1.807, 2.05) is 6.07 Å². The number of nitrogens with one attached hydrogen (secondary N) is 1. The van der Waals surface area contributed by atoms with Crippen LogP contribution < -0.4 is 5.32 Å². The molecule has 2 rings (SSSR count). The Morgan fingerprint density at radius 2 is 1.88 bits per heavy atom. The molecule has 0 saturated carbocycles. The first kappa shape index (κ1) is 10.9. The van der Waals surface area contributed by atoms with E-state index in [1.165, 1.54) is 6.08 Å². The summed E-state index contributed by atoms with van der Waals surface area (Å²) in [6.07, 6.45) is 1.41. The zero-order valence-corrected chi connectivity index (χ0v) is 9.33. The molecule has 0 spiro atoms. The molecule has 0 aliphatic carbocycles. The molecule has 0 bridgehead atoms. The van der Waals surface area contributed by atoms with Gasteiger partial charge in [0.25, 0.3) is 5.91 Å². The molecule has 1 aromatic carbocycles. The smallest absolute Gasteiger partial charge is 0.262 e. The number of hydrogen-bond acceptors (Lipinski definition) is 3. The summed E-state index contributed by atoms with van der Waals surface area (Å²) < 4.78 is 23.3. The second-order valence-corrected chi connectivity index (χ2v) is 5.57. The summed E-state index contributed by atoms with van der Waals surface area (Å²) in [4.78, 5) is 11.3. The fourth-order valence-corrected chi connectivity index (χ4v) is 2.75. The molecule has 1 aliphatic rings. The van der Waals surface area contributed by atoms with E-state index < -0.39 is 15.7 Å². The van der Waals surface area contributed by atoms with Crippen molar-refractivity contribution in [1.82, 2.24) is 5.32 Å². The highest BCUT2D eigenvalue weighted by molar-refractivity contribution is 7.96. The van der Waals surface area contributed by atoms with Gasteiger partial charge in [-0.3, -0.25) is 4.79 Å². The van der Waals surface area contributed by atoms with Gasteiger partial charge in [-0.2, -0.15) is 0 Å². The first-order chi connectivity index (χ1) is 7.59. The van der Waals surface area contributed by atoms with Gasteiger partial charge < -0.3 is 5.32 Å². The summed E-state index contributed by atoms with van der Waals surface area (Å²) in [6.45, 7) is 0.188. The van der Waals surface area contributed by atoms with Crippen LogP contribution in [0.4, 0.5) is 0 Å². The molecule has 1 fully saturated rings. The Bertz CT molecular complexity index is 532. The van der Waals surface area contributed by atoms with E-state index in [1.54, 1.807) is 24.3 Å². The number of carbonyl (C=O) groups excluding carboxylic acids is 1. The van der Waals surface area contributed by atoms with Crippen molar-refractivity contribution in [1.29, 1.82) is 0 Å². The molecule has 16 heavy (non-hydrogen) atoms. The van der Waals surface area contributed by atoms with Gasteiger partial charge in [0, 0.05) is 6.54 Å². The Morgan fingerprint density at radius 1 is 1.19 bits per heavy atom. The van der Waals surface area contributed by atoms with E-state index >= 15 is 0 Å². The van der Waals surface area contributed by atoms with Crippen molar-refractivity contribution in [2.24, 2.45) is 0 Å². The van der Waals surface area contributed by atoms with Crippen LogP contribution in [-0.2, 0) is 14.6 Å². The molecule has 0 atom stereocenters. The second kappa shape index (κ2) is 4.09. The van der Waals surface area contributed by atoms with E-state index in [9.17, 15) is 13.2 Å². The number of rotatable bonds is 1. The molecule has 4 nitrogen and oxygen atoms in total. The lowest BCUT2D eigenvalue weighted by atomic mass is 10.2. The van der Waals surface area contributed by atoms with Gasteiger partial charge in [0.15, 0.2) is 9.84 Å². The molecule has 5 heteroatoms. The van der Waals surface area contributed by atoms with Gasteiger partial charge >= 0.3 is 0 Å². The molecule has 1 heterocycles. The minimum atomic E-state index is -3.42. The largest absolute Gasteiger partial charge is 0.350 e. The zero-order valence-electron chi connectivity index (χ0n) is 8.51. The fraction of sp³-hybridized carbons (Fsp3) is 0.182. The molecule has 1 aromatic rings. The Kier molecular flexibility index (Phi) is 2.78. The van der Waals surface area contributed by atoms with Crippen molar-refractivity contribution < 1.29 is 13.2 Å². The molecule has 0 radical (unpaired) electrons. The molecule has 1 amide bonds. The third kappa shape index (κ3) is 2.14. The lowest BCUT2D eigenvalue weighted by Gasteiger charge is -2.15. The second-order valence-electron chi connectivity index (χ2n) is 3.49. The average Bonchev–Trinajstić information content (AvgIpc) is 2.25. The van der Waals surface area contributed by atoms with E-state index in [0.717, 1.165) is 0 Å². The van der Waals surface area contributed by atoms with Crippen LogP contribution in [0.15, 0.2) is 35.2 Å². The van der Waals surface area contributed by atoms with Gasteiger partial charge in [-0.15, -0.1) is 0 Å². The van der Waals surface area contributed by atoms with Crippen molar-refractivity contribution in [3.8, 4) is 0 Å². The summed E-state index contributed by atoms with van der Waals surface area (Å²) in [6, 6.07) is 8.92. The van der Waals surface area contributed by atoms with Crippen LogP contribution >= 0.6 is 0 Å². The monoisotopic (exact) mass is 237 g/mol. The minimum Gasteiger partial charge on any atom is -0.350 e. The van der Waals surface area contributed by atoms with Gasteiger partial charge in [-0.1, -0.05) is 30.3 Å². The molecule has 0 unspecified atom stereocenters. The molecule has 1 N–H and O–H groups in total. The SMILES string of the molecule is O=C1NCCS(=O)(=O)C1=Cc1ccccc1. The van der Waals surface area contributed by atoms with Crippen LogP contribution in [0.2, 0.25) is 0 Å². The highest BCUT2D eigenvalue weighted by Gasteiger charge is 2.28. The molecular weight excluding hydrogens is 226 g/mol. The zero-order chi connectivity index (χ0) is 11.6. The molecule has 84 valence electrons. The summed E-state index contributed by atoms with van der Waals surface area (Å²) in [5.41, 5.74) is 0.707. The maximum Gasteiger partial charge on any atom is 0.262 e. The van der Waals surface area contributed by atoms with Gasteiger partial charge in [0.05, 0.1) is 5.75 Å². The third-order valence-electron chi connectivity index (χ3n) is 2.31. The molecular formula is C11H11NO3S. The number of carbonyl (C=O) groups is 1. The summed E-state index contributed by atoms with van der Waals surface area (Å²) in [7, 11) is -3.42. The first-order valence-corrected chi connectivity index (χ1v) is 6.52. The maximum absolute atomic E-state index is 11.7. The Morgan fingerprint density at radius 3 is 2.50 bits per heavy atom. The van der Waals surface area contributed by atoms with Crippen LogP contribution in [0, 0.1) is 0 Å². The fourth-order valence-electron chi connectivity index (χ4n) is 1.49. The van der Waals surface area contributed by atoms with Crippen LogP contribution in [0.1, 0.15) is 5.56 Å². The predicted molar refractivity (Wildman–Crippen MR) is 61.2 cm³/mol. The van der Waals surface area contributed by atoms with Crippen LogP contribution in [0.3, 0.4) is 0 Å². The standard InChI is InChI=1S/C11H11NO3S/c13-11-10(16(14,15)7-6-12-11)8-9-4-2-1-3-5-9/h1-5,8H,6-7H2,(H,12,13). The predicted octanol–water partition coefficient (Wildman–Crippen LogP) is 0.572. The lowest BCUT2D eigenvalue weighted by molar-refractivity contribution is -0.116. The third-order valence-corrected chi connectivity index (χ3v) is 4.03. The normalized spacial score (nSPS) is 21.8. The van der Waals surface area contributed by atoms with Crippen molar-refractivity contribution in [2.45, 2.75) is 0 Å². The summed E-state index contributed by atoms with van der Waals surface area (Å²) in [5, 5.41) is 2.52. The molecule has 1 aliphatic heterocycles. The first-order valence-electron chi connectivity index (χ1n) is 4.87. The van der Waals surface area contributed by atoms with Gasteiger partial charge in [-0.25, -0.2) is 8.42 Å². The average molecular weight is 237 g/mol. The van der Waals surface area contributed by atoms with Gasteiger partial charge in [-0.05, 0) is 11.6 Å². The van der Waals surface area contributed by atoms with Crippen molar-refractivity contribution in [3.05, 3.63) is 40.8 Å². The van der Waals surface area contributed by atoms with Crippen molar-refractivity contribution in [2.75, 3.05) is 12.3 Å². The number of benzene rings is 1. The van der Waals surface area contributed by atoms with E-state index in [-0.39, 0.29) is 17.2 Å². The Balaban J connectivity index is 2.45. The number of amides is 1. The van der Waals surface area contributed by atoms with Gasteiger partial charge in [0.1, 0.15) is 4.91 Å². The minimum absolute atomic E-state index is 0.0304. The number of sulfone groups is 1. The van der Waals surface area contributed by atoms with Crippen LogP contribution in [0.25, 0.3) is 6.08 Å². The van der Waals surface area contributed by atoms with E-state index in [0.29, 0.717) is 5.56 Å². The molecule has 1 saturated heterocycles. The number of hydrogen-bond donors (Lipinski definition) is 1. The maximum atomic E-state index is 11.7. The summed E-state index contributed by atoms with van der Waals surface area (Å²) >= 11 is 0. The lowest BCUT2D eigenvalue weighted by Crippen LogP contribution is -2.39. The quantitative estimate of drug-likeness (QED) is 0.726. The van der Waals surface area contributed by atoms with E-state index in [4.69, 9.17) is 0 Å². The highest BCUT2D eigenvalue weighted by atomic mass is 32.2. The Hall–Kier alpha value is -1.62. The van der Waals surface area contributed by atoms with E-state index in [2.05, 4.69) is 5.32 Å². The topological polar surface area (TPSA) is 63.2 Å². The highest BCUT2D eigenvalue weighted by Crippen LogP contribution is 2.16.